The zero-order chi connectivity index (χ0) is 19.9. The number of para-hydroxylation sites is 1. The first kappa shape index (κ1) is 20.6. The Bertz CT molecular complexity index is 837. The van der Waals surface area contributed by atoms with E-state index in [4.69, 9.17) is 4.74 Å². The Labute approximate surface area is 160 Å². The molecule has 2 aromatic carbocycles. The van der Waals surface area contributed by atoms with Crippen LogP contribution in [0.15, 0.2) is 54.6 Å². The molecule has 0 fully saturated rings. The van der Waals surface area contributed by atoms with Crippen molar-refractivity contribution in [3.8, 4) is 5.75 Å². The van der Waals surface area contributed by atoms with Gasteiger partial charge in [-0.2, -0.15) is 0 Å². The molecule has 2 aromatic rings. The normalized spacial score (nSPS) is 11.1. The summed E-state index contributed by atoms with van der Waals surface area (Å²) in [6.07, 6.45) is 1.17. The van der Waals surface area contributed by atoms with Crippen molar-refractivity contribution in [2.24, 2.45) is 0 Å². The van der Waals surface area contributed by atoms with Gasteiger partial charge in [0, 0.05) is 12.2 Å². The molecule has 0 atom stereocenters. The summed E-state index contributed by atoms with van der Waals surface area (Å²) in [5, 5.41) is 5.35. The number of rotatable bonds is 8. The Morgan fingerprint density at radius 3 is 2.26 bits per heavy atom. The predicted molar refractivity (Wildman–Crippen MR) is 108 cm³/mol. The number of sulfonamides is 1. The Balaban J connectivity index is 1.96. The third-order valence-electron chi connectivity index (χ3n) is 3.53. The molecule has 8 heteroatoms. The summed E-state index contributed by atoms with van der Waals surface area (Å²) in [5.74, 6) is 0.669. The van der Waals surface area contributed by atoms with Crippen LogP contribution in [0.3, 0.4) is 0 Å². The van der Waals surface area contributed by atoms with Gasteiger partial charge in [0.05, 0.1) is 24.6 Å². The average molecular weight is 391 g/mol. The fraction of sp³-hybridized carbons (Fsp3) is 0.316. The first-order valence-corrected chi connectivity index (χ1v) is 10.4. The van der Waals surface area contributed by atoms with Crippen LogP contribution in [-0.2, 0) is 10.0 Å². The van der Waals surface area contributed by atoms with Gasteiger partial charge in [-0.3, -0.25) is 4.31 Å². The van der Waals surface area contributed by atoms with Crippen LogP contribution in [0.5, 0.6) is 5.75 Å². The molecule has 0 aromatic heterocycles. The summed E-state index contributed by atoms with van der Waals surface area (Å²) in [6.45, 7) is 4.12. The van der Waals surface area contributed by atoms with E-state index in [1.807, 2.05) is 32.0 Å². The Hall–Kier alpha value is -2.74. The molecular weight excluding hydrogens is 366 g/mol. The standard InChI is InChI=1S/C19H25N3O4S/c1-15(2)26-18-11-9-17(10-12-18)22(27(3,24)25)14-13-20-19(23)21-16-7-5-4-6-8-16/h4-12,15H,13-14H2,1-3H3,(H2,20,21,23). The highest BCUT2D eigenvalue weighted by atomic mass is 32.2. The highest BCUT2D eigenvalue weighted by Gasteiger charge is 2.17. The third-order valence-corrected chi connectivity index (χ3v) is 4.72. The number of carbonyl (C=O) groups is 1. The van der Waals surface area contributed by atoms with E-state index in [-0.39, 0.29) is 19.2 Å². The zero-order valence-corrected chi connectivity index (χ0v) is 16.5. The molecule has 0 bridgehead atoms. The lowest BCUT2D eigenvalue weighted by molar-refractivity contribution is 0.242. The van der Waals surface area contributed by atoms with Crippen LogP contribution < -0.4 is 19.7 Å². The highest BCUT2D eigenvalue weighted by Crippen LogP contribution is 2.22. The molecule has 2 rings (SSSR count). The Kier molecular flexibility index (Phi) is 7.06. The number of hydrogen-bond donors (Lipinski definition) is 2. The van der Waals surface area contributed by atoms with Crippen molar-refractivity contribution in [3.05, 3.63) is 54.6 Å². The smallest absolute Gasteiger partial charge is 0.319 e. The lowest BCUT2D eigenvalue weighted by Gasteiger charge is -2.23. The van der Waals surface area contributed by atoms with Crippen LogP contribution in [0.1, 0.15) is 13.8 Å². The molecule has 0 saturated heterocycles. The molecular formula is C19H25N3O4S. The largest absolute Gasteiger partial charge is 0.491 e. The predicted octanol–water partition coefficient (Wildman–Crippen LogP) is 3.06. The molecule has 0 radical (unpaired) electrons. The van der Waals surface area contributed by atoms with Crippen molar-refractivity contribution in [3.63, 3.8) is 0 Å². The molecule has 27 heavy (non-hydrogen) atoms. The summed E-state index contributed by atoms with van der Waals surface area (Å²) in [5.41, 5.74) is 1.18. The van der Waals surface area contributed by atoms with Gasteiger partial charge >= 0.3 is 6.03 Å². The van der Waals surface area contributed by atoms with E-state index < -0.39 is 16.1 Å². The second-order valence-electron chi connectivity index (χ2n) is 6.24. The van der Waals surface area contributed by atoms with Crippen LogP contribution in [-0.4, -0.2) is 39.9 Å². The third kappa shape index (κ3) is 6.82. The van der Waals surface area contributed by atoms with E-state index in [0.29, 0.717) is 17.1 Å². The lowest BCUT2D eigenvalue weighted by Crippen LogP contribution is -2.39. The van der Waals surface area contributed by atoms with Gasteiger partial charge in [-0.25, -0.2) is 13.2 Å². The van der Waals surface area contributed by atoms with E-state index >= 15 is 0 Å². The average Bonchev–Trinajstić information content (AvgIpc) is 2.59. The fourth-order valence-electron chi connectivity index (χ4n) is 2.42. The Morgan fingerprint density at radius 1 is 1.07 bits per heavy atom. The van der Waals surface area contributed by atoms with Crippen molar-refractivity contribution in [2.75, 3.05) is 29.0 Å². The van der Waals surface area contributed by atoms with Gasteiger partial charge in [0.25, 0.3) is 0 Å². The second kappa shape index (κ2) is 9.27. The van der Waals surface area contributed by atoms with E-state index in [1.165, 1.54) is 4.31 Å². The molecule has 146 valence electrons. The number of carbonyl (C=O) groups excluding carboxylic acids is 1. The summed E-state index contributed by atoms with van der Waals surface area (Å²) in [6, 6.07) is 15.4. The molecule has 0 spiro atoms. The summed E-state index contributed by atoms with van der Waals surface area (Å²) in [7, 11) is -3.49. The summed E-state index contributed by atoms with van der Waals surface area (Å²) >= 11 is 0. The number of benzene rings is 2. The SMILES string of the molecule is CC(C)Oc1ccc(N(CCNC(=O)Nc2ccccc2)S(C)(=O)=O)cc1. The zero-order valence-electron chi connectivity index (χ0n) is 15.7. The molecule has 0 saturated carbocycles. The maximum Gasteiger partial charge on any atom is 0.319 e. The molecule has 2 N–H and O–H groups in total. The van der Waals surface area contributed by atoms with Gasteiger partial charge in [-0.1, -0.05) is 18.2 Å². The molecule has 0 aliphatic rings. The number of ether oxygens (including phenoxy) is 1. The minimum Gasteiger partial charge on any atom is -0.491 e. The van der Waals surface area contributed by atoms with Crippen molar-refractivity contribution in [1.82, 2.24) is 5.32 Å². The topological polar surface area (TPSA) is 87.7 Å². The molecule has 0 aliphatic carbocycles. The van der Waals surface area contributed by atoms with E-state index in [9.17, 15) is 13.2 Å². The van der Waals surface area contributed by atoms with Gasteiger partial charge in [-0.15, -0.1) is 0 Å². The van der Waals surface area contributed by atoms with Gasteiger partial charge in [0.1, 0.15) is 5.75 Å². The number of urea groups is 1. The van der Waals surface area contributed by atoms with Gasteiger partial charge in [0.15, 0.2) is 0 Å². The van der Waals surface area contributed by atoms with Crippen molar-refractivity contribution >= 4 is 27.4 Å². The monoisotopic (exact) mass is 391 g/mol. The molecule has 0 unspecified atom stereocenters. The molecule has 0 aliphatic heterocycles. The van der Waals surface area contributed by atoms with Gasteiger partial charge < -0.3 is 15.4 Å². The maximum atomic E-state index is 12.1. The van der Waals surface area contributed by atoms with Gasteiger partial charge in [-0.05, 0) is 50.2 Å². The van der Waals surface area contributed by atoms with Crippen molar-refractivity contribution in [2.45, 2.75) is 20.0 Å². The van der Waals surface area contributed by atoms with Crippen LogP contribution in [0.2, 0.25) is 0 Å². The molecule has 7 nitrogen and oxygen atoms in total. The van der Waals surface area contributed by atoms with Crippen LogP contribution in [0, 0.1) is 0 Å². The summed E-state index contributed by atoms with van der Waals surface area (Å²) < 4.78 is 31.1. The first-order chi connectivity index (χ1) is 12.8. The fourth-order valence-corrected chi connectivity index (χ4v) is 3.34. The van der Waals surface area contributed by atoms with Crippen molar-refractivity contribution < 1.29 is 17.9 Å². The second-order valence-corrected chi connectivity index (χ2v) is 8.15. The Morgan fingerprint density at radius 2 is 1.70 bits per heavy atom. The van der Waals surface area contributed by atoms with E-state index in [0.717, 1.165) is 6.26 Å². The van der Waals surface area contributed by atoms with Crippen LogP contribution in [0.25, 0.3) is 0 Å². The minimum atomic E-state index is -3.49. The number of nitrogens with zero attached hydrogens (tertiary/aromatic N) is 1. The van der Waals surface area contributed by atoms with E-state index in [2.05, 4.69) is 10.6 Å². The minimum absolute atomic E-state index is 0.0363. The maximum absolute atomic E-state index is 12.1. The summed E-state index contributed by atoms with van der Waals surface area (Å²) in [4.78, 5) is 11.9. The lowest BCUT2D eigenvalue weighted by atomic mass is 10.3. The van der Waals surface area contributed by atoms with Gasteiger partial charge in [0.2, 0.25) is 10.0 Å². The number of amides is 2. The number of hydrogen-bond acceptors (Lipinski definition) is 4. The molecule has 2 amide bonds. The van der Waals surface area contributed by atoms with Crippen LogP contribution >= 0.6 is 0 Å². The van der Waals surface area contributed by atoms with Crippen molar-refractivity contribution in [1.29, 1.82) is 0 Å². The highest BCUT2D eigenvalue weighted by molar-refractivity contribution is 7.92. The first-order valence-electron chi connectivity index (χ1n) is 8.60. The number of nitrogens with one attached hydrogen (secondary N) is 2. The quantitative estimate of drug-likeness (QED) is 0.724. The number of anilines is 2. The van der Waals surface area contributed by atoms with E-state index in [1.54, 1.807) is 36.4 Å². The molecule has 0 heterocycles. The van der Waals surface area contributed by atoms with Crippen LogP contribution in [0.4, 0.5) is 16.2 Å².